The summed E-state index contributed by atoms with van der Waals surface area (Å²) in [7, 11) is -11.0. The fourth-order valence-corrected chi connectivity index (χ4v) is 11.3. The lowest BCUT2D eigenvalue weighted by molar-refractivity contribution is -0.318. The Bertz CT molecular complexity index is 1610. The highest BCUT2D eigenvalue weighted by atomic mass is 32.3. The molecule has 5 rings (SSSR count). The molecule has 0 amide bonds. The van der Waals surface area contributed by atoms with E-state index < -0.39 is 117 Å². The molecule has 2 bridgehead atoms. The molecule has 5 aliphatic rings. The molecule has 1 aliphatic heterocycles. The molecule has 18 nitrogen and oxygen atoms in total. The van der Waals surface area contributed by atoms with E-state index in [4.69, 9.17) is 18.4 Å². The van der Waals surface area contributed by atoms with Gasteiger partial charge in [0.25, 0.3) is 0 Å². The first kappa shape index (κ1) is 39.9. The average molecular weight is 771 g/mol. The monoisotopic (exact) mass is 770 g/mol. The SMILES string of the molecule is C=C1[C@H]2CC[C@@H]3[C@@](CCC4C(C(=O)O)(C(=O)O)C[C@@H](O[C@@H]5O[C@H](CO)[C@@H](OS(=O)(=O)O)[C@H](OS(=O)(=O)O)[C@H]5OC(=O)CC(C)C)C[C@@]43C)(C2)[C@H]1O. The molecular formula is C31H46O18S2. The van der Waals surface area contributed by atoms with Crippen molar-refractivity contribution >= 4 is 38.7 Å². The lowest BCUT2D eigenvalue weighted by atomic mass is 9.40. The van der Waals surface area contributed by atoms with E-state index in [9.17, 15) is 60.8 Å². The Morgan fingerprint density at radius 2 is 1.53 bits per heavy atom. The Labute approximate surface area is 295 Å². The minimum absolute atomic E-state index is 0.00133. The van der Waals surface area contributed by atoms with Crippen LogP contribution in [0.25, 0.3) is 0 Å². The first-order valence-electron chi connectivity index (χ1n) is 16.7. The summed E-state index contributed by atoms with van der Waals surface area (Å²) in [5, 5.41) is 42.9. The standard InChI is InChI=1S/C31H46O18S2/c1-14(2)9-21(33)47-24-23(49-51(42,43)44)22(48-50(39,40)41)18(13-32)46-26(24)45-17-11-29(4)19-6-5-16-10-30(19,25(34)15(16)3)8-7-20(29)31(12-17,27(35)36)28(37)38/h14,16-20,22-26,32,34H,3,5-13H2,1-2,4H3,(H,35,36)(H,37,38)(H,39,40,41)(H,42,43,44)/t16-,17-,18+,19-,20?,22+,23-,24+,25-,26+,29+,30+/m0/s1. The summed E-state index contributed by atoms with van der Waals surface area (Å²) < 4.78 is 93.4. The van der Waals surface area contributed by atoms with Gasteiger partial charge in [0.15, 0.2) is 23.9 Å². The summed E-state index contributed by atoms with van der Waals surface area (Å²) >= 11 is 0. The minimum Gasteiger partial charge on any atom is -0.480 e. The number of ether oxygens (including phenoxy) is 3. The van der Waals surface area contributed by atoms with Crippen molar-refractivity contribution in [1.29, 1.82) is 0 Å². The lowest BCUT2D eigenvalue weighted by Crippen LogP contribution is -2.67. The molecule has 1 heterocycles. The van der Waals surface area contributed by atoms with Gasteiger partial charge in [-0.1, -0.05) is 27.4 Å². The van der Waals surface area contributed by atoms with Crippen molar-refractivity contribution in [3.05, 3.63) is 12.2 Å². The smallest absolute Gasteiger partial charge is 0.397 e. The van der Waals surface area contributed by atoms with Crippen LogP contribution < -0.4 is 0 Å². The third-order valence-electron chi connectivity index (χ3n) is 12.0. The Morgan fingerprint density at radius 1 is 0.922 bits per heavy atom. The van der Waals surface area contributed by atoms with Crippen molar-refractivity contribution in [2.24, 2.45) is 39.9 Å². The van der Waals surface area contributed by atoms with Gasteiger partial charge in [-0.05, 0) is 73.2 Å². The van der Waals surface area contributed by atoms with Crippen LogP contribution in [0.4, 0.5) is 0 Å². The van der Waals surface area contributed by atoms with E-state index in [0.29, 0.717) is 31.3 Å². The van der Waals surface area contributed by atoms with Crippen LogP contribution >= 0.6 is 0 Å². The zero-order valence-corrected chi connectivity index (χ0v) is 30.0. The van der Waals surface area contributed by atoms with E-state index in [1.165, 1.54) is 0 Å². The molecule has 12 atom stereocenters. The predicted molar refractivity (Wildman–Crippen MR) is 169 cm³/mol. The lowest BCUT2D eigenvalue weighted by Gasteiger charge is -2.64. The van der Waals surface area contributed by atoms with Crippen LogP contribution in [0.2, 0.25) is 0 Å². The van der Waals surface area contributed by atoms with E-state index in [0.717, 1.165) is 0 Å². The molecule has 1 saturated heterocycles. The summed E-state index contributed by atoms with van der Waals surface area (Å²) in [4.78, 5) is 39.3. The second-order valence-electron chi connectivity index (χ2n) is 15.3. The fourth-order valence-electron chi connectivity index (χ4n) is 10.3. The summed E-state index contributed by atoms with van der Waals surface area (Å²) in [5.41, 5.74) is -3.52. The Balaban J connectivity index is 1.59. The van der Waals surface area contributed by atoms with Crippen molar-refractivity contribution in [3.63, 3.8) is 0 Å². The molecule has 5 fully saturated rings. The maximum Gasteiger partial charge on any atom is 0.397 e. The number of esters is 1. The Hall–Kier alpha value is -2.27. The van der Waals surface area contributed by atoms with Gasteiger partial charge in [-0.25, -0.2) is 8.37 Å². The third kappa shape index (κ3) is 7.20. The highest BCUT2D eigenvalue weighted by Crippen LogP contribution is 2.72. The molecule has 1 spiro atoms. The van der Waals surface area contributed by atoms with E-state index in [-0.39, 0.29) is 37.0 Å². The van der Waals surface area contributed by atoms with Crippen molar-refractivity contribution in [1.82, 2.24) is 0 Å². The zero-order valence-electron chi connectivity index (χ0n) is 28.3. The largest absolute Gasteiger partial charge is 0.480 e. The summed E-state index contributed by atoms with van der Waals surface area (Å²) in [5.74, 6) is -5.84. The number of aliphatic hydroxyl groups is 2. The van der Waals surface area contributed by atoms with Gasteiger partial charge in [-0.15, -0.1) is 0 Å². The highest BCUT2D eigenvalue weighted by molar-refractivity contribution is 7.81. The maximum atomic E-state index is 13.1. The third-order valence-corrected chi connectivity index (χ3v) is 12.9. The first-order chi connectivity index (χ1) is 23.5. The van der Waals surface area contributed by atoms with E-state index in [2.05, 4.69) is 10.8 Å². The maximum absolute atomic E-state index is 13.1. The highest BCUT2D eigenvalue weighted by Gasteiger charge is 2.72. The molecule has 290 valence electrons. The van der Waals surface area contributed by atoms with Gasteiger partial charge in [0.1, 0.15) is 12.2 Å². The summed E-state index contributed by atoms with van der Waals surface area (Å²) in [6.07, 6.45) is -11.5. The molecule has 51 heavy (non-hydrogen) atoms. The molecule has 0 aromatic heterocycles. The van der Waals surface area contributed by atoms with Gasteiger partial charge in [0, 0.05) is 18.3 Å². The van der Waals surface area contributed by atoms with Crippen LogP contribution in [0.3, 0.4) is 0 Å². The number of rotatable bonds is 12. The number of carboxylic acids is 2. The van der Waals surface area contributed by atoms with E-state index >= 15 is 0 Å². The van der Waals surface area contributed by atoms with Gasteiger partial charge in [0.2, 0.25) is 0 Å². The van der Waals surface area contributed by atoms with Crippen LogP contribution in [0.1, 0.15) is 72.1 Å². The number of aliphatic hydroxyl groups excluding tert-OH is 2. The van der Waals surface area contributed by atoms with Crippen LogP contribution in [0.15, 0.2) is 12.2 Å². The summed E-state index contributed by atoms with van der Waals surface area (Å²) in [6.45, 7) is 8.03. The van der Waals surface area contributed by atoms with Gasteiger partial charge < -0.3 is 34.6 Å². The zero-order chi connectivity index (χ0) is 38.1. The van der Waals surface area contributed by atoms with Crippen LogP contribution in [0, 0.1) is 39.9 Å². The van der Waals surface area contributed by atoms with Crippen LogP contribution in [-0.4, -0.2) is 114 Å². The van der Waals surface area contributed by atoms with Crippen LogP contribution in [-0.2, 0) is 57.8 Å². The average Bonchev–Trinajstić information content (AvgIpc) is 3.16. The van der Waals surface area contributed by atoms with Crippen molar-refractivity contribution in [2.75, 3.05) is 6.61 Å². The van der Waals surface area contributed by atoms with Gasteiger partial charge in [-0.3, -0.25) is 23.5 Å². The van der Waals surface area contributed by atoms with Crippen molar-refractivity contribution in [2.45, 2.75) is 115 Å². The molecule has 1 unspecified atom stereocenters. The molecule has 0 aromatic carbocycles. The summed E-state index contributed by atoms with van der Waals surface area (Å²) in [6, 6.07) is 0. The number of aliphatic carboxylic acids is 2. The molecule has 20 heteroatoms. The predicted octanol–water partition coefficient (Wildman–Crippen LogP) is 1.12. The molecule has 4 saturated carbocycles. The first-order valence-corrected chi connectivity index (χ1v) is 19.5. The second kappa shape index (κ2) is 13.9. The van der Waals surface area contributed by atoms with Crippen molar-refractivity contribution < 1.29 is 83.3 Å². The van der Waals surface area contributed by atoms with Gasteiger partial charge in [-0.2, -0.15) is 16.8 Å². The number of carboxylic acid groups (broad SMARTS) is 2. The minimum atomic E-state index is -5.51. The second-order valence-corrected chi connectivity index (χ2v) is 17.4. The topological polar surface area (TPSA) is 287 Å². The van der Waals surface area contributed by atoms with E-state index in [1.807, 2.05) is 0 Å². The molecule has 0 aromatic rings. The number of carbonyl (C=O) groups is 3. The van der Waals surface area contributed by atoms with Crippen LogP contribution in [0.5, 0.6) is 0 Å². The van der Waals surface area contributed by atoms with E-state index in [1.54, 1.807) is 20.8 Å². The number of hydrogen-bond acceptors (Lipinski definition) is 14. The molecular weight excluding hydrogens is 724 g/mol. The van der Waals surface area contributed by atoms with Crippen molar-refractivity contribution in [3.8, 4) is 0 Å². The Morgan fingerprint density at radius 3 is 2.08 bits per heavy atom. The normalized spacial score (nSPS) is 40.7. The number of hydrogen-bond donors (Lipinski definition) is 6. The number of fused-ring (bicyclic) bond motifs is 3. The van der Waals surface area contributed by atoms with Gasteiger partial charge >= 0.3 is 38.7 Å². The number of carbonyl (C=O) groups excluding carboxylic acids is 1. The Kier molecular flexibility index (Phi) is 10.8. The molecule has 6 N–H and O–H groups in total. The molecule has 0 radical (unpaired) electrons. The fraction of sp³-hybridized carbons (Fsp3) is 0.839. The van der Waals surface area contributed by atoms with Gasteiger partial charge in [0.05, 0.1) is 18.8 Å². The quantitative estimate of drug-likeness (QED) is 0.0533. The molecule has 4 aliphatic carbocycles.